The summed E-state index contributed by atoms with van der Waals surface area (Å²) >= 11 is 0. The molecule has 2 rings (SSSR count). The van der Waals surface area contributed by atoms with Gasteiger partial charge in [-0.3, -0.25) is 4.79 Å². The summed E-state index contributed by atoms with van der Waals surface area (Å²) in [6.07, 6.45) is 1.68. The Kier molecular flexibility index (Phi) is 9.25. The summed E-state index contributed by atoms with van der Waals surface area (Å²) < 4.78 is 38.7. The molecule has 0 aliphatic heterocycles. The number of hydrogen-bond acceptors (Lipinski definition) is 7. The Hall–Kier alpha value is -2.89. The van der Waals surface area contributed by atoms with Gasteiger partial charge in [0.1, 0.15) is 5.82 Å². The SMILES string of the molecule is CC(C)c1nc(N(C)S(C)(=O)=O)nc(-c2ccc(F)cc2)c1/C=C/[C@@H](O)C[C@H](O)CCC(=O)O. The van der Waals surface area contributed by atoms with Crippen molar-refractivity contribution in [3.63, 3.8) is 0 Å². The quantitative estimate of drug-likeness (QED) is 0.432. The molecule has 0 fully saturated rings. The molecule has 0 radical (unpaired) electrons. The smallest absolute Gasteiger partial charge is 0.303 e. The molecule has 0 spiro atoms. The molecule has 34 heavy (non-hydrogen) atoms. The molecule has 0 bridgehead atoms. The van der Waals surface area contributed by atoms with Gasteiger partial charge in [0.15, 0.2) is 0 Å². The molecular weight excluding hydrogens is 465 g/mol. The normalized spacial score (nSPS) is 13.9. The van der Waals surface area contributed by atoms with Crippen LogP contribution >= 0.6 is 0 Å². The van der Waals surface area contributed by atoms with E-state index < -0.39 is 34.0 Å². The van der Waals surface area contributed by atoms with E-state index in [2.05, 4.69) is 9.97 Å². The van der Waals surface area contributed by atoms with Crippen LogP contribution in [0.3, 0.4) is 0 Å². The Morgan fingerprint density at radius 3 is 2.32 bits per heavy atom. The minimum Gasteiger partial charge on any atom is -0.481 e. The second-order valence-electron chi connectivity index (χ2n) is 8.31. The van der Waals surface area contributed by atoms with Gasteiger partial charge in [-0.25, -0.2) is 27.1 Å². The molecule has 0 saturated carbocycles. The molecule has 0 saturated heterocycles. The maximum atomic E-state index is 13.5. The third-order valence-electron chi connectivity index (χ3n) is 5.10. The standard InChI is InChI=1S/C23H30FN3O6S/c1-14(2)21-19(11-9-17(28)13-18(29)10-12-20(30)31)22(15-5-7-16(24)8-6-15)26-23(25-21)27(3)34(4,32)33/h5-9,11,14,17-18,28-29H,10,12-13H2,1-4H3,(H,30,31)/b11-9+/t17-,18-/m1/s1. The van der Waals surface area contributed by atoms with Gasteiger partial charge < -0.3 is 15.3 Å². The van der Waals surface area contributed by atoms with E-state index in [-0.39, 0.29) is 31.1 Å². The molecular formula is C23H30FN3O6S. The van der Waals surface area contributed by atoms with Gasteiger partial charge in [-0.15, -0.1) is 0 Å². The molecule has 2 atom stereocenters. The lowest BCUT2D eigenvalue weighted by Gasteiger charge is -2.20. The van der Waals surface area contributed by atoms with Gasteiger partial charge >= 0.3 is 5.97 Å². The molecule has 0 amide bonds. The zero-order valence-corrected chi connectivity index (χ0v) is 20.3. The number of carbonyl (C=O) groups is 1. The number of aliphatic carboxylic acids is 1. The second kappa shape index (κ2) is 11.5. The number of hydrogen-bond donors (Lipinski definition) is 3. The average Bonchev–Trinajstić information content (AvgIpc) is 2.75. The molecule has 1 heterocycles. The molecule has 3 N–H and O–H groups in total. The van der Waals surface area contributed by atoms with E-state index in [1.807, 2.05) is 13.8 Å². The Morgan fingerprint density at radius 2 is 1.79 bits per heavy atom. The Balaban J connectivity index is 2.54. The van der Waals surface area contributed by atoms with E-state index >= 15 is 0 Å². The van der Waals surface area contributed by atoms with Crippen molar-refractivity contribution in [1.29, 1.82) is 0 Å². The number of benzene rings is 1. The van der Waals surface area contributed by atoms with Gasteiger partial charge in [-0.1, -0.05) is 26.0 Å². The van der Waals surface area contributed by atoms with Crippen LogP contribution in [0.15, 0.2) is 30.3 Å². The van der Waals surface area contributed by atoms with Crippen LogP contribution in [-0.4, -0.2) is 65.2 Å². The number of sulfonamides is 1. The van der Waals surface area contributed by atoms with E-state index in [0.717, 1.165) is 10.6 Å². The van der Waals surface area contributed by atoms with Crippen LogP contribution in [0.25, 0.3) is 17.3 Å². The lowest BCUT2D eigenvalue weighted by atomic mass is 9.97. The number of halogens is 1. The largest absolute Gasteiger partial charge is 0.481 e. The third kappa shape index (κ3) is 7.57. The molecule has 1 aromatic heterocycles. The summed E-state index contributed by atoms with van der Waals surface area (Å²) in [7, 11) is -2.31. The number of aliphatic hydroxyl groups is 2. The molecule has 0 unspecified atom stereocenters. The molecule has 2 aromatic rings. The van der Waals surface area contributed by atoms with Crippen molar-refractivity contribution >= 4 is 28.0 Å². The van der Waals surface area contributed by atoms with E-state index in [0.29, 0.717) is 22.5 Å². The number of rotatable bonds is 11. The lowest BCUT2D eigenvalue weighted by Crippen LogP contribution is -2.27. The number of nitrogens with zero attached hydrogens (tertiary/aromatic N) is 3. The Bertz CT molecular complexity index is 1140. The summed E-state index contributed by atoms with van der Waals surface area (Å²) in [6.45, 7) is 3.73. The monoisotopic (exact) mass is 495 g/mol. The van der Waals surface area contributed by atoms with Gasteiger partial charge in [-0.2, -0.15) is 0 Å². The van der Waals surface area contributed by atoms with E-state index in [1.165, 1.54) is 37.4 Å². The van der Waals surface area contributed by atoms with Crippen molar-refractivity contribution in [2.75, 3.05) is 17.6 Å². The average molecular weight is 496 g/mol. The lowest BCUT2D eigenvalue weighted by molar-refractivity contribution is -0.137. The van der Waals surface area contributed by atoms with Gasteiger partial charge in [0.2, 0.25) is 16.0 Å². The van der Waals surface area contributed by atoms with Crippen molar-refractivity contribution in [2.24, 2.45) is 0 Å². The first-order chi connectivity index (χ1) is 15.8. The summed E-state index contributed by atoms with van der Waals surface area (Å²) in [5.74, 6) is -1.69. The summed E-state index contributed by atoms with van der Waals surface area (Å²) in [4.78, 5) is 19.5. The molecule has 9 nitrogen and oxygen atoms in total. The number of aliphatic hydroxyl groups excluding tert-OH is 2. The fourth-order valence-electron chi connectivity index (χ4n) is 3.17. The molecule has 0 aliphatic rings. The summed E-state index contributed by atoms with van der Waals surface area (Å²) in [5.41, 5.74) is 1.88. The molecule has 186 valence electrons. The minimum atomic E-state index is -3.65. The van der Waals surface area contributed by atoms with Crippen LogP contribution in [0.2, 0.25) is 0 Å². The van der Waals surface area contributed by atoms with Gasteiger partial charge in [0, 0.05) is 31.0 Å². The maximum Gasteiger partial charge on any atom is 0.303 e. The van der Waals surface area contributed by atoms with Crippen LogP contribution in [-0.2, 0) is 14.8 Å². The van der Waals surface area contributed by atoms with Crippen LogP contribution < -0.4 is 4.31 Å². The van der Waals surface area contributed by atoms with E-state index in [4.69, 9.17) is 5.11 Å². The zero-order chi connectivity index (χ0) is 25.6. The van der Waals surface area contributed by atoms with Gasteiger partial charge in [-0.05, 0) is 36.6 Å². The number of anilines is 1. The first-order valence-corrected chi connectivity index (χ1v) is 12.5. The van der Waals surface area contributed by atoms with Crippen molar-refractivity contribution in [1.82, 2.24) is 9.97 Å². The van der Waals surface area contributed by atoms with Crippen molar-refractivity contribution < 1.29 is 32.9 Å². The maximum absolute atomic E-state index is 13.5. The predicted molar refractivity (Wildman–Crippen MR) is 127 cm³/mol. The van der Waals surface area contributed by atoms with E-state index in [1.54, 1.807) is 6.08 Å². The fraction of sp³-hybridized carbons (Fsp3) is 0.435. The van der Waals surface area contributed by atoms with Crippen molar-refractivity contribution in [2.45, 2.75) is 51.2 Å². The summed E-state index contributed by atoms with van der Waals surface area (Å²) in [6, 6.07) is 5.53. The minimum absolute atomic E-state index is 0.00788. The van der Waals surface area contributed by atoms with Gasteiger partial charge in [0.25, 0.3) is 0 Å². The molecule has 11 heteroatoms. The summed E-state index contributed by atoms with van der Waals surface area (Å²) in [5, 5.41) is 29.0. The highest BCUT2D eigenvalue weighted by atomic mass is 32.2. The first kappa shape index (κ1) is 27.4. The van der Waals surface area contributed by atoms with Crippen LogP contribution in [0, 0.1) is 5.82 Å². The van der Waals surface area contributed by atoms with E-state index in [9.17, 15) is 27.8 Å². The Labute approximate surface area is 198 Å². The second-order valence-corrected chi connectivity index (χ2v) is 10.3. The third-order valence-corrected chi connectivity index (χ3v) is 6.26. The number of aromatic nitrogens is 2. The number of carboxylic acids is 1. The zero-order valence-electron chi connectivity index (χ0n) is 19.5. The van der Waals surface area contributed by atoms with Crippen LogP contribution in [0.4, 0.5) is 10.3 Å². The fourth-order valence-corrected chi connectivity index (χ4v) is 3.55. The molecule has 1 aromatic carbocycles. The predicted octanol–water partition coefficient (Wildman–Crippen LogP) is 2.79. The molecule has 0 aliphatic carbocycles. The highest BCUT2D eigenvalue weighted by Gasteiger charge is 2.22. The van der Waals surface area contributed by atoms with Crippen molar-refractivity contribution in [3.05, 3.63) is 47.4 Å². The van der Waals surface area contributed by atoms with Crippen molar-refractivity contribution in [3.8, 4) is 11.3 Å². The van der Waals surface area contributed by atoms with Crippen LogP contribution in [0.1, 0.15) is 50.3 Å². The highest BCUT2D eigenvalue weighted by Crippen LogP contribution is 2.31. The number of carboxylic acid groups (broad SMARTS) is 1. The highest BCUT2D eigenvalue weighted by molar-refractivity contribution is 7.92. The van der Waals surface area contributed by atoms with Crippen LogP contribution in [0.5, 0.6) is 0 Å². The first-order valence-electron chi connectivity index (χ1n) is 10.7. The Morgan fingerprint density at radius 1 is 1.18 bits per heavy atom. The van der Waals surface area contributed by atoms with Gasteiger partial charge in [0.05, 0.1) is 29.9 Å². The topological polar surface area (TPSA) is 141 Å².